The lowest BCUT2D eigenvalue weighted by Gasteiger charge is -2.19. The van der Waals surface area contributed by atoms with Gasteiger partial charge in [-0.25, -0.2) is 14.6 Å². The van der Waals surface area contributed by atoms with Crippen molar-refractivity contribution in [2.24, 2.45) is 17.6 Å². The number of amidine groups is 1. The van der Waals surface area contributed by atoms with Gasteiger partial charge in [0, 0.05) is 47.0 Å². The van der Waals surface area contributed by atoms with Crippen LogP contribution in [0.1, 0.15) is 76.1 Å². The molecule has 1 aromatic heterocycles. The number of anilines is 1. The molecule has 15 heteroatoms. The van der Waals surface area contributed by atoms with Crippen LogP contribution < -0.4 is 26.4 Å². The summed E-state index contributed by atoms with van der Waals surface area (Å²) < 4.78 is 20.6. The van der Waals surface area contributed by atoms with E-state index >= 15 is 0 Å². The molecule has 3 aromatic rings. The number of methoxy groups -OCH3 is 2. The average Bonchev–Trinajstić information content (AvgIpc) is 3.97. The van der Waals surface area contributed by atoms with Gasteiger partial charge in [0.15, 0.2) is 5.69 Å². The van der Waals surface area contributed by atoms with Crippen molar-refractivity contribution in [2.45, 2.75) is 45.9 Å². The number of carbonyl (C=O) groups is 5. The minimum absolute atomic E-state index is 0.0169. The highest BCUT2D eigenvalue weighted by Crippen LogP contribution is 2.35. The Morgan fingerprint density at radius 1 is 0.981 bits per heavy atom. The Hall–Kier alpha value is -6.09. The van der Waals surface area contributed by atoms with Gasteiger partial charge in [-0.1, -0.05) is 26.5 Å². The van der Waals surface area contributed by atoms with E-state index in [1.54, 1.807) is 26.0 Å². The monoisotopic (exact) mass is 714 g/mol. The van der Waals surface area contributed by atoms with Crippen molar-refractivity contribution < 1.29 is 42.9 Å². The fourth-order valence-electron chi connectivity index (χ4n) is 4.86. The second kappa shape index (κ2) is 17.2. The van der Waals surface area contributed by atoms with E-state index in [0.29, 0.717) is 29.5 Å². The molecule has 0 bridgehead atoms. The van der Waals surface area contributed by atoms with Crippen LogP contribution in [-0.2, 0) is 19.0 Å². The van der Waals surface area contributed by atoms with Crippen molar-refractivity contribution in [2.75, 3.05) is 26.1 Å². The van der Waals surface area contributed by atoms with Gasteiger partial charge in [-0.05, 0) is 73.2 Å². The van der Waals surface area contributed by atoms with Gasteiger partial charge in [-0.2, -0.15) is 0 Å². The van der Waals surface area contributed by atoms with Gasteiger partial charge in [0.05, 0.1) is 14.2 Å². The maximum absolute atomic E-state index is 13.8. The number of hydrogen-bond acceptors (Lipinski definition) is 12. The Kier molecular flexibility index (Phi) is 12.8. The zero-order chi connectivity index (χ0) is 38.1. The standard InChI is InChI=1S/C37H42N6O9/c1-7-22-16-27(26(17-29(22)49-5)25-14-15-28(42-31(25)36(47)50-6)34(45)40-18-21-8-9-21)33(44)41-24-12-10-23(11-13-24)32(39)43-37(48)52-20(4)51-35(46)30(38)19(2)3/h7,10-17,19-21,30H,1,8-9,18,38H2,2-6H3,(H,40,45)(H,41,44)(H2,39,43,48)/t20?,30-/m0/s1. The Bertz CT molecular complexity index is 1870. The summed E-state index contributed by atoms with van der Waals surface area (Å²) in [7, 11) is 2.64. The first-order valence-corrected chi connectivity index (χ1v) is 16.4. The van der Waals surface area contributed by atoms with Crippen molar-refractivity contribution in [1.29, 1.82) is 5.41 Å². The van der Waals surface area contributed by atoms with E-state index in [-0.39, 0.29) is 45.4 Å². The first-order valence-electron chi connectivity index (χ1n) is 16.4. The summed E-state index contributed by atoms with van der Waals surface area (Å²) in [5.41, 5.74) is 7.31. The Morgan fingerprint density at radius 3 is 2.27 bits per heavy atom. The number of nitrogens with two attached hydrogens (primary N) is 1. The first kappa shape index (κ1) is 38.7. The fraction of sp³-hybridized carbons (Fsp3) is 0.324. The van der Waals surface area contributed by atoms with Gasteiger partial charge in [-0.3, -0.25) is 25.1 Å². The zero-order valence-corrected chi connectivity index (χ0v) is 29.5. The SMILES string of the molecule is C=Cc1cc(C(=O)Nc2ccc(C(=N)NC(=O)OC(C)OC(=O)[C@@H](N)C(C)C)cc2)c(-c2ccc(C(=O)NCC3CC3)nc2C(=O)OC)cc1OC. The van der Waals surface area contributed by atoms with Crippen molar-refractivity contribution in [3.05, 3.63) is 83.2 Å². The summed E-state index contributed by atoms with van der Waals surface area (Å²) in [5, 5.41) is 16.1. The number of pyridine rings is 1. The van der Waals surface area contributed by atoms with Crippen molar-refractivity contribution >= 4 is 47.4 Å². The Balaban J connectivity index is 1.53. The third kappa shape index (κ3) is 9.78. The van der Waals surface area contributed by atoms with Crippen LogP contribution in [0, 0.1) is 17.2 Å². The van der Waals surface area contributed by atoms with Gasteiger partial charge in [0.2, 0.25) is 6.29 Å². The molecular formula is C37H42N6O9. The minimum atomic E-state index is -1.25. The number of rotatable bonds is 14. The highest BCUT2D eigenvalue weighted by atomic mass is 16.7. The Morgan fingerprint density at radius 2 is 1.67 bits per heavy atom. The molecule has 1 heterocycles. The third-order valence-electron chi connectivity index (χ3n) is 8.08. The molecule has 1 fully saturated rings. The van der Waals surface area contributed by atoms with Crippen molar-refractivity contribution in [3.63, 3.8) is 0 Å². The summed E-state index contributed by atoms with van der Waals surface area (Å²) >= 11 is 0. The van der Waals surface area contributed by atoms with Crippen LogP contribution >= 0.6 is 0 Å². The Labute approximate surface area is 300 Å². The fourth-order valence-corrected chi connectivity index (χ4v) is 4.86. The lowest BCUT2D eigenvalue weighted by molar-refractivity contribution is -0.167. The van der Waals surface area contributed by atoms with Crippen molar-refractivity contribution in [1.82, 2.24) is 15.6 Å². The van der Waals surface area contributed by atoms with E-state index in [0.717, 1.165) is 12.8 Å². The van der Waals surface area contributed by atoms with Crippen LogP contribution in [0.2, 0.25) is 0 Å². The number of benzene rings is 2. The summed E-state index contributed by atoms with van der Waals surface area (Å²) in [6.45, 7) is 9.16. The molecular weight excluding hydrogens is 672 g/mol. The zero-order valence-electron chi connectivity index (χ0n) is 29.5. The highest BCUT2D eigenvalue weighted by molar-refractivity contribution is 6.11. The summed E-state index contributed by atoms with van der Waals surface area (Å²) in [6, 6.07) is 11.2. The number of aromatic nitrogens is 1. The predicted octanol–water partition coefficient (Wildman–Crippen LogP) is 4.50. The van der Waals surface area contributed by atoms with Gasteiger partial charge in [0.25, 0.3) is 11.8 Å². The summed E-state index contributed by atoms with van der Waals surface area (Å²) in [5.74, 6) is -2.25. The second-order valence-corrected chi connectivity index (χ2v) is 12.3. The van der Waals surface area contributed by atoms with Gasteiger partial charge in [0.1, 0.15) is 23.3 Å². The number of hydrogen-bond donors (Lipinski definition) is 5. The predicted molar refractivity (Wildman–Crippen MR) is 192 cm³/mol. The number of nitrogens with zero attached hydrogens (tertiary/aromatic N) is 1. The van der Waals surface area contributed by atoms with Gasteiger partial charge >= 0.3 is 18.0 Å². The molecule has 0 saturated heterocycles. The van der Waals surface area contributed by atoms with E-state index in [1.807, 2.05) is 0 Å². The molecule has 4 rings (SSSR count). The summed E-state index contributed by atoms with van der Waals surface area (Å²) in [6.07, 6.45) is 1.32. The van der Waals surface area contributed by atoms with E-state index in [4.69, 9.17) is 30.1 Å². The van der Waals surface area contributed by atoms with Gasteiger partial charge < -0.3 is 35.3 Å². The third-order valence-corrected chi connectivity index (χ3v) is 8.08. The molecule has 2 atom stereocenters. The van der Waals surface area contributed by atoms with Crippen LogP contribution in [0.5, 0.6) is 5.75 Å². The smallest absolute Gasteiger partial charge is 0.415 e. The molecule has 2 aromatic carbocycles. The van der Waals surface area contributed by atoms with Crippen LogP contribution in [0.25, 0.3) is 17.2 Å². The number of carbonyl (C=O) groups excluding carboxylic acids is 5. The molecule has 1 aliphatic rings. The molecule has 0 aliphatic heterocycles. The van der Waals surface area contributed by atoms with E-state index in [1.165, 1.54) is 63.6 Å². The molecule has 52 heavy (non-hydrogen) atoms. The topological polar surface area (TPSA) is 221 Å². The van der Waals surface area contributed by atoms with Crippen molar-refractivity contribution in [3.8, 4) is 16.9 Å². The maximum atomic E-state index is 13.8. The average molecular weight is 715 g/mol. The lowest BCUT2D eigenvalue weighted by Crippen LogP contribution is -2.40. The van der Waals surface area contributed by atoms with Gasteiger partial charge in [-0.15, -0.1) is 0 Å². The second-order valence-electron chi connectivity index (χ2n) is 12.3. The lowest BCUT2D eigenvalue weighted by atomic mass is 9.94. The molecule has 1 unspecified atom stereocenters. The molecule has 6 N–H and O–H groups in total. The summed E-state index contributed by atoms with van der Waals surface area (Å²) in [4.78, 5) is 68.3. The molecule has 0 radical (unpaired) electrons. The maximum Gasteiger partial charge on any atom is 0.415 e. The number of alkyl carbamates (subject to hydrolysis) is 1. The quantitative estimate of drug-likeness (QED) is 0.0677. The largest absolute Gasteiger partial charge is 0.496 e. The minimum Gasteiger partial charge on any atom is -0.496 e. The van der Waals surface area contributed by atoms with Crippen LogP contribution in [-0.4, -0.2) is 73.8 Å². The molecule has 274 valence electrons. The molecule has 1 saturated carbocycles. The van der Waals surface area contributed by atoms with E-state index in [2.05, 4.69) is 27.5 Å². The van der Waals surface area contributed by atoms with Crippen LogP contribution in [0.15, 0.2) is 55.1 Å². The molecule has 0 spiro atoms. The first-order chi connectivity index (χ1) is 24.8. The van der Waals surface area contributed by atoms with E-state index in [9.17, 15) is 24.0 Å². The number of ether oxygens (including phenoxy) is 4. The number of amides is 3. The number of esters is 2. The normalized spacial score (nSPS) is 13.2. The van der Waals surface area contributed by atoms with E-state index < -0.39 is 42.2 Å². The highest BCUT2D eigenvalue weighted by Gasteiger charge is 2.27. The van der Waals surface area contributed by atoms with Crippen LogP contribution in [0.4, 0.5) is 10.5 Å². The molecule has 15 nitrogen and oxygen atoms in total. The molecule has 3 amide bonds. The molecule has 1 aliphatic carbocycles. The number of nitrogens with one attached hydrogen (secondary N) is 4. The van der Waals surface area contributed by atoms with Crippen LogP contribution in [0.3, 0.4) is 0 Å².